The second-order valence-corrected chi connectivity index (χ2v) is 3.16. The molecule has 1 rings (SSSR count). The lowest BCUT2D eigenvalue weighted by Crippen LogP contribution is -2.31. The zero-order valence-corrected chi connectivity index (χ0v) is 7.63. The van der Waals surface area contributed by atoms with Crippen molar-refractivity contribution in [1.82, 2.24) is 5.32 Å². The monoisotopic (exact) mass is 164 g/mol. The fourth-order valence-electron chi connectivity index (χ4n) is 1.42. The van der Waals surface area contributed by atoms with Crippen molar-refractivity contribution in [1.29, 1.82) is 0 Å². The van der Waals surface area contributed by atoms with Gasteiger partial charge in [-0.15, -0.1) is 0 Å². The van der Waals surface area contributed by atoms with Gasteiger partial charge in [-0.1, -0.05) is 30.7 Å². The van der Waals surface area contributed by atoms with Gasteiger partial charge in [0.25, 0.3) is 0 Å². The van der Waals surface area contributed by atoms with E-state index in [2.05, 4.69) is 36.5 Å². The summed E-state index contributed by atoms with van der Waals surface area (Å²) in [5.74, 6) is 0. The third-order valence-corrected chi connectivity index (χ3v) is 2.11. The van der Waals surface area contributed by atoms with Crippen LogP contribution in [0, 0.1) is 6.92 Å². The smallest absolute Gasteiger partial charge is 0.0253 e. The van der Waals surface area contributed by atoms with Crippen LogP contribution in [0.4, 0.5) is 0 Å². The Kier molecular flexibility index (Phi) is 4.77. The van der Waals surface area contributed by atoms with E-state index in [-0.39, 0.29) is 0 Å². The van der Waals surface area contributed by atoms with Gasteiger partial charge in [0.1, 0.15) is 0 Å². The first-order valence-corrected chi connectivity index (χ1v) is 4.79. The summed E-state index contributed by atoms with van der Waals surface area (Å²) in [4.78, 5) is 0. The third kappa shape index (κ3) is 3.72. The molecule has 1 radical (unpaired) electrons. The van der Waals surface area contributed by atoms with Crippen LogP contribution in [-0.4, -0.2) is 12.6 Å². The van der Waals surface area contributed by atoms with Gasteiger partial charge in [-0.2, -0.15) is 0 Å². The number of piperidine rings is 1. The molecule has 1 nitrogen and oxygen atoms in total. The highest BCUT2D eigenvalue weighted by Gasteiger charge is 2.07. The van der Waals surface area contributed by atoms with Crippen LogP contribution >= 0.6 is 0 Å². The number of rotatable bonds is 3. The Labute approximate surface area is 75.6 Å². The molecule has 1 saturated heterocycles. The van der Waals surface area contributed by atoms with Gasteiger partial charge < -0.3 is 5.32 Å². The van der Waals surface area contributed by atoms with E-state index in [9.17, 15) is 0 Å². The maximum Gasteiger partial charge on any atom is 0.0253 e. The number of hydrogen-bond donors (Lipinski definition) is 1. The predicted molar refractivity (Wildman–Crippen MR) is 53.9 cm³/mol. The highest BCUT2D eigenvalue weighted by atomic mass is 14.9. The second kappa shape index (κ2) is 6.01. The van der Waals surface area contributed by atoms with Crippen molar-refractivity contribution in [3.8, 4) is 0 Å². The Hall–Kier alpha value is -0.560. The van der Waals surface area contributed by atoms with E-state index in [1.54, 1.807) is 0 Å². The molecule has 1 unspecified atom stereocenters. The molecule has 1 heterocycles. The van der Waals surface area contributed by atoms with Crippen molar-refractivity contribution in [3.05, 3.63) is 31.2 Å². The quantitative estimate of drug-likeness (QED) is 0.632. The molecule has 1 aliphatic rings. The Morgan fingerprint density at radius 3 is 2.92 bits per heavy atom. The lowest BCUT2D eigenvalue weighted by molar-refractivity contribution is 0.454. The zero-order chi connectivity index (χ0) is 8.65. The van der Waals surface area contributed by atoms with Gasteiger partial charge in [0.05, 0.1) is 0 Å². The van der Waals surface area contributed by atoms with E-state index in [0.29, 0.717) is 6.04 Å². The molecule has 67 valence electrons. The Balaban J connectivity index is 2.19. The maximum absolute atomic E-state index is 3.73. The average molecular weight is 164 g/mol. The summed E-state index contributed by atoms with van der Waals surface area (Å²) < 4.78 is 0. The number of hydrogen-bond acceptors (Lipinski definition) is 1. The molecule has 1 aliphatic heterocycles. The summed E-state index contributed by atoms with van der Waals surface area (Å²) in [5.41, 5.74) is 0. The molecule has 12 heavy (non-hydrogen) atoms. The summed E-state index contributed by atoms with van der Waals surface area (Å²) in [6, 6.07) is 0.605. The summed E-state index contributed by atoms with van der Waals surface area (Å²) in [7, 11) is 0. The molecule has 0 saturated carbocycles. The van der Waals surface area contributed by atoms with E-state index in [4.69, 9.17) is 0 Å². The highest BCUT2D eigenvalue weighted by Crippen LogP contribution is 2.07. The van der Waals surface area contributed by atoms with Crippen LogP contribution in [0.3, 0.4) is 0 Å². The van der Waals surface area contributed by atoms with Crippen LogP contribution in [0.1, 0.15) is 25.7 Å². The molecule has 0 bridgehead atoms. The second-order valence-electron chi connectivity index (χ2n) is 3.16. The molecule has 0 aromatic rings. The van der Waals surface area contributed by atoms with Crippen molar-refractivity contribution in [2.45, 2.75) is 31.7 Å². The minimum absolute atomic E-state index is 0.605. The SMILES string of the molecule is [CH2]CC=CC=CC1CCCCN1. The minimum Gasteiger partial charge on any atom is -0.311 e. The average Bonchev–Trinajstić information content (AvgIpc) is 2.14. The first-order chi connectivity index (χ1) is 5.93. The van der Waals surface area contributed by atoms with Crippen LogP contribution in [0.25, 0.3) is 0 Å². The van der Waals surface area contributed by atoms with E-state index in [1.165, 1.54) is 25.8 Å². The van der Waals surface area contributed by atoms with E-state index in [1.807, 2.05) is 0 Å². The van der Waals surface area contributed by atoms with E-state index >= 15 is 0 Å². The molecular formula is C11H18N. The topological polar surface area (TPSA) is 12.0 Å². The Morgan fingerprint density at radius 2 is 2.25 bits per heavy atom. The standard InChI is InChI=1S/C11H18N/c1-2-3-4-5-8-11-9-6-7-10-12-11/h3-5,8,11-12H,1-2,6-7,9-10H2. The number of allylic oxidation sites excluding steroid dienone is 3. The van der Waals surface area contributed by atoms with Crippen LogP contribution < -0.4 is 5.32 Å². The Morgan fingerprint density at radius 1 is 1.33 bits per heavy atom. The molecule has 0 aliphatic carbocycles. The van der Waals surface area contributed by atoms with Gasteiger partial charge in [-0.25, -0.2) is 0 Å². The first-order valence-electron chi connectivity index (χ1n) is 4.79. The molecule has 1 heteroatoms. The van der Waals surface area contributed by atoms with E-state index in [0.717, 1.165) is 6.42 Å². The van der Waals surface area contributed by atoms with Gasteiger partial charge in [0, 0.05) is 6.04 Å². The van der Waals surface area contributed by atoms with Crippen molar-refractivity contribution in [3.63, 3.8) is 0 Å². The fourth-order valence-corrected chi connectivity index (χ4v) is 1.42. The van der Waals surface area contributed by atoms with Gasteiger partial charge >= 0.3 is 0 Å². The highest BCUT2D eigenvalue weighted by molar-refractivity contribution is 5.06. The van der Waals surface area contributed by atoms with E-state index < -0.39 is 0 Å². The zero-order valence-electron chi connectivity index (χ0n) is 7.63. The van der Waals surface area contributed by atoms with Crippen molar-refractivity contribution < 1.29 is 0 Å². The summed E-state index contributed by atoms with van der Waals surface area (Å²) in [5, 5.41) is 3.46. The largest absolute Gasteiger partial charge is 0.311 e. The molecule has 0 amide bonds. The summed E-state index contributed by atoms with van der Waals surface area (Å²) >= 11 is 0. The molecular weight excluding hydrogens is 146 g/mol. The van der Waals surface area contributed by atoms with Crippen LogP contribution in [0.15, 0.2) is 24.3 Å². The van der Waals surface area contributed by atoms with Gasteiger partial charge in [-0.3, -0.25) is 0 Å². The van der Waals surface area contributed by atoms with Crippen molar-refractivity contribution in [2.24, 2.45) is 0 Å². The predicted octanol–water partition coefficient (Wildman–Crippen LogP) is 2.47. The van der Waals surface area contributed by atoms with Crippen molar-refractivity contribution in [2.75, 3.05) is 6.54 Å². The van der Waals surface area contributed by atoms with Crippen LogP contribution in [0.5, 0.6) is 0 Å². The first kappa shape index (κ1) is 9.53. The van der Waals surface area contributed by atoms with Crippen LogP contribution in [0.2, 0.25) is 0 Å². The molecule has 0 aromatic carbocycles. The minimum atomic E-state index is 0.605. The third-order valence-electron chi connectivity index (χ3n) is 2.11. The van der Waals surface area contributed by atoms with Crippen LogP contribution in [-0.2, 0) is 0 Å². The lowest BCUT2D eigenvalue weighted by Gasteiger charge is -2.19. The Bertz CT molecular complexity index is 152. The summed E-state index contributed by atoms with van der Waals surface area (Å²) in [6.07, 6.45) is 13.4. The van der Waals surface area contributed by atoms with Gasteiger partial charge in [-0.05, 0) is 32.7 Å². The molecule has 0 aromatic heterocycles. The molecule has 1 N–H and O–H groups in total. The fraction of sp³-hybridized carbons (Fsp3) is 0.545. The number of nitrogens with one attached hydrogen (secondary N) is 1. The van der Waals surface area contributed by atoms with Crippen molar-refractivity contribution >= 4 is 0 Å². The lowest BCUT2D eigenvalue weighted by atomic mass is 10.0. The van der Waals surface area contributed by atoms with Gasteiger partial charge in [0.15, 0.2) is 0 Å². The summed E-state index contributed by atoms with van der Waals surface area (Å²) in [6.45, 7) is 4.91. The normalized spacial score (nSPS) is 25.6. The molecule has 1 fully saturated rings. The maximum atomic E-state index is 3.73. The molecule has 0 spiro atoms. The van der Waals surface area contributed by atoms with Gasteiger partial charge in [0.2, 0.25) is 0 Å². The molecule has 1 atom stereocenters.